The molecular formula is C22H22F3N7O. The smallest absolute Gasteiger partial charge is 0.311 e. The molecule has 0 atom stereocenters. The van der Waals surface area contributed by atoms with Crippen LogP contribution >= 0.6 is 0 Å². The molecule has 4 rings (SSSR count). The van der Waals surface area contributed by atoms with E-state index in [-0.39, 0.29) is 18.1 Å². The number of anilines is 1. The van der Waals surface area contributed by atoms with Crippen LogP contribution in [0.25, 0.3) is 5.78 Å². The van der Waals surface area contributed by atoms with E-state index in [9.17, 15) is 18.0 Å². The normalized spacial score (nSPS) is 11.8. The Kier molecular flexibility index (Phi) is 5.88. The number of alkyl halides is 3. The Hall–Kier alpha value is -3.76. The quantitative estimate of drug-likeness (QED) is 0.475. The van der Waals surface area contributed by atoms with E-state index in [1.54, 1.807) is 24.6 Å². The number of benzene rings is 1. The summed E-state index contributed by atoms with van der Waals surface area (Å²) in [7, 11) is 0. The van der Waals surface area contributed by atoms with E-state index in [4.69, 9.17) is 0 Å². The van der Waals surface area contributed by atoms with Gasteiger partial charge in [0.15, 0.2) is 0 Å². The molecule has 1 amide bonds. The molecule has 0 aliphatic rings. The maximum Gasteiger partial charge on any atom is 0.453 e. The van der Waals surface area contributed by atoms with Gasteiger partial charge in [-0.3, -0.25) is 4.79 Å². The number of carbonyl (C=O) groups excluding carboxylic acids is 1. The van der Waals surface area contributed by atoms with Crippen molar-refractivity contribution in [1.29, 1.82) is 0 Å². The second-order valence-electron chi connectivity index (χ2n) is 7.77. The third-order valence-corrected chi connectivity index (χ3v) is 5.25. The third kappa shape index (κ3) is 4.86. The van der Waals surface area contributed by atoms with Gasteiger partial charge in [0.1, 0.15) is 5.82 Å². The minimum absolute atomic E-state index is 0.116. The molecule has 33 heavy (non-hydrogen) atoms. The van der Waals surface area contributed by atoms with Crippen molar-refractivity contribution in [2.24, 2.45) is 0 Å². The molecule has 172 valence electrons. The number of halogens is 3. The Labute approximate surface area is 187 Å². The first-order chi connectivity index (χ1) is 15.6. The lowest BCUT2D eigenvalue weighted by atomic mass is 10.1. The van der Waals surface area contributed by atoms with Crippen LogP contribution in [0.15, 0.2) is 36.4 Å². The van der Waals surface area contributed by atoms with E-state index >= 15 is 0 Å². The molecular weight excluding hydrogens is 435 g/mol. The van der Waals surface area contributed by atoms with E-state index in [1.165, 1.54) is 0 Å². The summed E-state index contributed by atoms with van der Waals surface area (Å²) in [4.78, 5) is 20.3. The molecule has 3 heterocycles. The Bertz CT molecular complexity index is 1310. The molecule has 4 aromatic rings. The van der Waals surface area contributed by atoms with Crippen LogP contribution in [-0.2, 0) is 23.9 Å². The van der Waals surface area contributed by atoms with E-state index in [1.807, 2.05) is 37.3 Å². The molecule has 0 radical (unpaired) electrons. The van der Waals surface area contributed by atoms with E-state index < -0.39 is 12.0 Å². The minimum atomic E-state index is -4.66. The van der Waals surface area contributed by atoms with Crippen LogP contribution in [0.3, 0.4) is 0 Å². The topological polar surface area (TPSA) is 90.0 Å². The summed E-state index contributed by atoms with van der Waals surface area (Å²) in [5.41, 5.74) is 3.46. The van der Waals surface area contributed by atoms with Gasteiger partial charge in [-0.05, 0) is 38.3 Å². The lowest BCUT2D eigenvalue weighted by molar-refractivity contribution is -0.144. The van der Waals surface area contributed by atoms with Gasteiger partial charge in [0.2, 0.25) is 5.91 Å². The lowest BCUT2D eigenvalue weighted by Gasteiger charge is -2.11. The average molecular weight is 457 g/mol. The first-order valence-corrected chi connectivity index (χ1v) is 10.3. The van der Waals surface area contributed by atoms with Gasteiger partial charge in [0.05, 0.1) is 12.2 Å². The summed E-state index contributed by atoms with van der Waals surface area (Å²) >= 11 is 0. The summed E-state index contributed by atoms with van der Waals surface area (Å²) in [6.45, 7) is 5.68. The molecule has 0 aliphatic heterocycles. The molecule has 0 saturated heterocycles. The number of hydrogen-bond donors (Lipinski definition) is 1. The summed E-state index contributed by atoms with van der Waals surface area (Å²) in [5, 5.41) is 10.9. The molecule has 0 bridgehead atoms. The van der Waals surface area contributed by atoms with E-state index in [0.717, 1.165) is 15.8 Å². The number of aromatic nitrogens is 6. The van der Waals surface area contributed by atoms with Crippen molar-refractivity contribution in [1.82, 2.24) is 29.4 Å². The van der Waals surface area contributed by atoms with E-state index in [2.05, 4.69) is 25.5 Å². The molecule has 0 spiro atoms. The number of aryl methyl sites for hydroxylation is 3. The monoisotopic (exact) mass is 457 g/mol. The van der Waals surface area contributed by atoms with Crippen molar-refractivity contribution in [3.8, 4) is 0 Å². The summed E-state index contributed by atoms with van der Waals surface area (Å²) in [6.07, 6.45) is -4.25. The summed E-state index contributed by atoms with van der Waals surface area (Å²) in [5.74, 6) is -1.02. The zero-order valence-electron chi connectivity index (χ0n) is 18.3. The fourth-order valence-corrected chi connectivity index (χ4v) is 3.66. The molecule has 0 unspecified atom stereocenters. The highest BCUT2D eigenvalue weighted by atomic mass is 19.4. The molecule has 0 fully saturated rings. The summed E-state index contributed by atoms with van der Waals surface area (Å²) < 4.78 is 41.7. The zero-order chi connectivity index (χ0) is 23.8. The van der Waals surface area contributed by atoms with Gasteiger partial charge in [-0.15, -0.1) is 5.10 Å². The molecule has 3 aromatic heterocycles. The van der Waals surface area contributed by atoms with Crippen molar-refractivity contribution in [2.45, 2.75) is 46.3 Å². The highest BCUT2D eigenvalue weighted by Crippen LogP contribution is 2.27. The third-order valence-electron chi connectivity index (χ3n) is 5.25. The van der Waals surface area contributed by atoms with Crippen LogP contribution < -0.4 is 5.32 Å². The van der Waals surface area contributed by atoms with Gasteiger partial charge >= 0.3 is 6.18 Å². The average Bonchev–Trinajstić information content (AvgIpc) is 3.32. The molecule has 1 N–H and O–H groups in total. The van der Waals surface area contributed by atoms with Crippen LogP contribution in [-0.4, -0.2) is 35.3 Å². The van der Waals surface area contributed by atoms with Gasteiger partial charge in [-0.2, -0.15) is 23.3 Å². The van der Waals surface area contributed by atoms with Crippen LogP contribution in [0.2, 0.25) is 0 Å². The number of nitrogens with one attached hydrogen (secondary N) is 1. The van der Waals surface area contributed by atoms with Crippen LogP contribution in [0, 0.1) is 20.8 Å². The lowest BCUT2D eigenvalue weighted by Crippen LogP contribution is -2.17. The maximum atomic E-state index is 13.0. The first kappa shape index (κ1) is 22.4. The van der Waals surface area contributed by atoms with Crippen molar-refractivity contribution >= 4 is 17.5 Å². The van der Waals surface area contributed by atoms with Gasteiger partial charge in [-0.25, -0.2) is 14.2 Å². The molecule has 8 nitrogen and oxygen atoms in total. The number of amides is 1. The molecule has 11 heteroatoms. The van der Waals surface area contributed by atoms with Crippen LogP contribution in [0.4, 0.5) is 19.0 Å². The Morgan fingerprint density at radius 2 is 1.79 bits per heavy atom. The van der Waals surface area contributed by atoms with Gasteiger partial charge in [0.25, 0.3) is 11.6 Å². The van der Waals surface area contributed by atoms with Crippen LogP contribution in [0.5, 0.6) is 0 Å². The van der Waals surface area contributed by atoms with Crippen molar-refractivity contribution in [3.63, 3.8) is 0 Å². The first-order valence-electron chi connectivity index (χ1n) is 10.3. The maximum absolute atomic E-state index is 13.0. The SMILES string of the molecule is Cc1cc(NC(=O)CCc2c(C)nc3nc(C(F)(F)F)nn3c2C)n(Cc2ccccc2)n1. The van der Waals surface area contributed by atoms with Crippen LogP contribution in [0.1, 0.15) is 40.5 Å². The highest BCUT2D eigenvalue weighted by Gasteiger charge is 2.37. The van der Waals surface area contributed by atoms with Gasteiger partial charge in [-0.1, -0.05) is 30.3 Å². The second-order valence-corrected chi connectivity index (χ2v) is 7.77. The second kappa shape index (κ2) is 8.64. The van der Waals surface area contributed by atoms with Gasteiger partial charge in [0, 0.05) is 23.9 Å². The largest absolute Gasteiger partial charge is 0.453 e. The fourth-order valence-electron chi connectivity index (χ4n) is 3.66. The number of carbonyl (C=O) groups is 1. The highest BCUT2D eigenvalue weighted by molar-refractivity contribution is 5.90. The predicted molar refractivity (Wildman–Crippen MR) is 115 cm³/mol. The fraction of sp³-hybridized carbons (Fsp3) is 0.318. The van der Waals surface area contributed by atoms with Crippen molar-refractivity contribution in [2.75, 3.05) is 5.32 Å². The number of rotatable bonds is 6. The number of fused-ring (bicyclic) bond motifs is 1. The molecule has 0 aliphatic carbocycles. The summed E-state index contributed by atoms with van der Waals surface area (Å²) in [6, 6.07) is 11.6. The van der Waals surface area contributed by atoms with E-state index in [0.29, 0.717) is 35.7 Å². The number of hydrogen-bond acceptors (Lipinski definition) is 5. The Morgan fingerprint density at radius 1 is 1.06 bits per heavy atom. The molecule has 0 saturated carbocycles. The van der Waals surface area contributed by atoms with Gasteiger partial charge < -0.3 is 5.32 Å². The number of nitrogens with zero attached hydrogens (tertiary/aromatic N) is 6. The molecule has 1 aromatic carbocycles. The zero-order valence-corrected chi connectivity index (χ0v) is 18.3. The van der Waals surface area contributed by atoms with Crippen molar-refractivity contribution < 1.29 is 18.0 Å². The minimum Gasteiger partial charge on any atom is -0.311 e. The van der Waals surface area contributed by atoms with Crippen molar-refractivity contribution in [3.05, 3.63) is 70.4 Å². The Morgan fingerprint density at radius 3 is 2.48 bits per heavy atom. The standard InChI is InChI=1S/C22H22F3N7O/c1-13-11-18(31(29-13)12-16-7-5-4-6-8-16)27-19(33)10-9-17-14(2)26-21-28-20(22(23,24)25)30-32(21)15(17)3/h4-8,11H,9-10,12H2,1-3H3,(H,27,33). The predicted octanol–water partition coefficient (Wildman–Crippen LogP) is 3.88. The Balaban J connectivity index is 1.48.